The van der Waals surface area contributed by atoms with Crippen LogP contribution in [0.5, 0.6) is 5.75 Å². The van der Waals surface area contributed by atoms with Crippen molar-refractivity contribution < 1.29 is 4.74 Å². The number of aromatic nitrogens is 5. The van der Waals surface area contributed by atoms with Crippen LogP contribution in [0.4, 0.5) is 23.4 Å². The van der Waals surface area contributed by atoms with E-state index in [9.17, 15) is 0 Å². The Hall–Kier alpha value is -3.49. The van der Waals surface area contributed by atoms with Gasteiger partial charge in [0.25, 0.3) is 0 Å². The molecule has 1 fully saturated rings. The van der Waals surface area contributed by atoms with Crippen molar-refractivity contribution in [2.45, 2.75) is 20.0 Å². The number of ether oxygens (including phenoxy) is 1. The van der Waals surface area contributed by atoms with Crippen LogP contribution >= 0.6 is 0 Å². The molecule has 0 bridgehead atoms. The zero-order chi connectivity index (χ0) is 20.1. The predicted octanol–water partition coefficient (Wildman–Crippen LogP) is 2.52. The number of nitrogens with one attached hydrogen (secondary N) is 1. The average molecular weight is 392 g/mol. The fourth-order valence-corrected chi connectivity index (χ4v) is 3.09. The molecular formula is C20H24N8O. The summed E-state index contributed by atoms with van der Waals surface area (Å²) in [7, 11) is 0. The molecule has 0 atom stereocenters. The van der Waals surface area contributed by atoms with Crippen molar-refractivity contribution >= 4 is 23.4 Å². The van der Waals surface area contributed by atoms with Gasteiger partial charge in [-0.3, -0.25) is 0 Å². The van der Waals surface area contributed by atoms with Crippen LogP contribution in [0.15, 0.2) is 48.9 Å². The summed E-state index contributed by atoms with van der Waals surface area (Å²) in [6, 6.07) is 9.60. The van der Waals surface area contributed by atoms with Gasteiger partial charge in [-0.25, -0.2) is 9.97 Å². The second-order valence-corrected chi connectivity index (χ2v) is 6.98. The number of nitrogens with zero attached hydrogens (tertiary/aromatic N) is 7. The Bertz CT molecular complexity index is 911. The minimum absolute atomic E-state index is 0.149. The first-order chi connectivity index (χ1) is 14.2. The SMILES string of the molecule is CC(C)Oc1ccc(Nc2cnnc(N3CCN(c4ncccn4)CC3)n2)cc1. The average Bonchev–Trinajstić information content (AvgIpc) is 2.76. The molecule has 3 heterocycles. The lowest BCUT2D eigenvalue weighted by Gasteiger charge is -2.34. The molecule has 29 heavy (non-hydrogen) atoms. The normalized spacial score (nSPS) is 14.2. The summed E-state index contributed by atoms with van der Waals surface area (Å²) < 4.78 is 5.67. The van der Waals surface area contributed by atoms with Gasteiger partial charge < -0.3 is 19.9 Å². The quantitative estimate of drug-likeness (QED) is 0.679. The van der Waals surface area contributed by atoms with Gasteiger partial charge >= 0.3 is 0 Å². The molecule has 9 nitrogen and oxygen atoms in total. The lowest BCUT2D eigenvalue weighted by atomic mass is 10.3. The van der Waals surface area contributed by atoms with E-state index >= 15 is 0 Å². The molecule has 3 aromatic rings. The Morgan fingerprint density at radius 2 is 1.59 bits per heavy atom. The van der Waals surface area contributed by atoms with Crippen molar-refractivity contribution in [3.8, 4) is 5.75 Å². The number of benzene rings is 1. The highest BCUT2D eigenvalue weighted by Gasteiger charge is 2.21. The third-order valence-corrected chi connectivity index (χ3v) is 4.44. The standard InChI is InChI=1S/C20H24N8O/c1-15(2)29-17-6-4-16(5-7-17)24-18-14-23-26-20(25-18)28-12-10-27(11-13-28)19-21-8-3-9-22-19/h3-9,14-15H,10-13H2,1-2H3,(H,24,25,26). The van der Waals surface area contributed by atoms with Crippen molar-refractivity contribution in [3.63, 3.8) is 0 Å². The van der Waals surface area contributed by atoms with Crippen LogP contribution < -0.4 is 19.9 Å². The molecule has 1 aromatic carbocycles. The minimum atomic E-state index is 0.149. The van der Waals surface area contributed by atoms with Gasteiger partial charge in [-0.1, -0.05) is 0 Å². The molecule has 0 amide bonds. The van der Waals surface area contributed by atoms with E-state index < -0.39 is 0 Å². The second kappa shape index (κ2) is 8.68. The Balaban J connectivity index is 1.38. The van der Waals surface area contributed by atoms with Gasteiger partial charge in [-0.15, -0.1) is 5.10 Å². The molecule has 0 spiro atoms. The highest BCUT2D eigenvalue weighted by atomic mass is 16.5. The van der Waals surface area contributed by atoms with E-state index in [0.29, 0.717) is 11.8 Å². The van der Waals surface area contributed by atoms with Gasteiger partial charge in [-0.2, -0.15) is 10.1 Å². The topological polar surface area (TPSA) is 92.2 Å². The highest BCUT2D eigenvalue weighted by molar-refractivity contribution is 5.57. The monoisotopic (exact) mass is 392 g/mol. The van der Waals surface area contributed by atoms with E-state index in [0.717, 1.165) is 43.6 Å². The van der Waals surface area contributed by atoms with Crippen LogP contribution in [0.2, 0.25) is 0 Å². The first-order valence-electron chi connectivity index (χ1n) is 9.68. The maximum absolute atomic E-state index is 5.67. The molecule has 1 N–H and O–H groups in total. The van der Waals surface area contributed by atoms with Crippen molar-refractivity contribution in [3.05, 3.63) is 48.9 Å². The van der Waals surface area contributed by atoms with Crippen LogP contribution in [-0.2, 0) is 0 Å². The summed E-state index contributed by atoms with van der Waals surface area (Å²) in [6.07, 6.45) is 5.30. The van der Waals surface area contributed by atoms with E-state index in [2.05, 4.69) is 40.3 Å². The van der Waals surface area contributed by atoms with E-state index in [1.165, 1.54) is 0 Å². The number of rotatable bonds is 6. The maximum atomic E-state index is 5.67. The van der Waals surface area contributed by atoms with Crippen LogP contribution in [0.1, 0.15) is 13.8 Å². The number of hydrogen-bond acceptors (Lipinski definition) is 9. The summed E-state index contributed by atoms with van der Waals surface area (Å²) >= 11 is 0. The summed E-state index contributed by atoms with van der Waals surface area (Å²) in [5.74, 6) is 2.86. The molecule has 1 aliphatic heterocycles. The largest absolute Gasteiger partial charge is 0.491 e. The van der Waals surface area contributed by atoms with Crippen LogP contribution in [0, 0.1) is 0 Å². The molecule has 0 radical (unpaired) electrons. The third-order valence-electron chi connectivity index (χ3n) is 4.44. The van der Waals surface area contributed by atoms with E-state index in [1.54, 1.807) is 18.6 Å². The Kier molecular flexibility index (Phi) is 5.64. The predicted molar refractivity (Wildman–Crippen MR) is 112 cm³/mol. The first-order valence-corrected chi connectivity index (χ1v) is 9.68. The van der Waals surface area contributed by atoms with E-state index in [4.69, 9.17) is 4.74 Å². The zero-order valence-electron chi connectivity index (χ0n) is 16.6. The van der Waals surface area contributed by atoms with Gasteiger partial charge in [0, 0.05) is 44.3 Å². The number of piperazine rings is 1. The number of anilines is 4. The Morgan fingerprint density at radius 3 is 2.24 bits per heavy atom. The molecule has 1 saturated heterocycles. The highest BCUT2D eigenvalue weighted by Crippen LogP contribution is 2.21. The first kappa shape index (κ1) is 18.9. The minimum Gasteiger partial charge on any atom is -0.491 e. The molecule has 0 aliphatic carbocycles. The summed E-state index contributed by atoms with van der Waals surface area (Å²) in [6.45, 7) is 7.19. The third kappa shape index (κ3) is 4.87. The van der Waals surface area contributed by atoms with Gasteiger partial charge in [0.05, 0.1) is 12.3 Å². The zero-order valence-corrected chi connectivity index (χ0v) is 16.6. The molecule has 0 unspecified atom stereocenters. The lowest BCUT2D eigenvalue weighted by Crippen LogP contribution is -2.47. The second-order valence-electron chi connectivity index (χ2n) is 6.98. The molecule has 150 valence electrons. The molecule has 0 saturated carbocycles. The summed E-state index contributed by atoms with van der Waals surface area (Å²) in [5.41, 5.74) is 0.915. The van der Waals surface area contributed by atoms with Crippen molar-refractivity contribution in [2.75, 3.05) is 41.3 Å². The van der Waals surface area contributed by atoms with Crippen LogP contribution in [0.3, 0.4) is 0 Å². The van der Waals surface area contributed by atoms with E-state index in [-0.39, 0.29) is 6.10 Å². The van der Waals surface area contributed by atoms with Gasteiger partial charge in [0.2, 0.25) is 11.9 Å². The fraction of sp³-hybridized carbons (Fsp3) is 0.350. The van der Waals surface area contributed by atoms with Gasteiger partial charge in [0.1, 0.15) is 5.75 Å². The van der Waals surface area contributed by atoms with Gasteiger partial charge in [0.15, 0.2) is 5.82 Å². The lowest BCUT2D eigenvalue weighted by molar-refractivity contribution is 0.242. The Labute approximate surface area is 169 Å². The molecular weight excluding hydrogens is 368 g/mol. The summed E-state index contributed by atoms with van der Waals surface area (Å²) in [5, 5.41) is 11.6. The van der Waals surface area contributed by atoms with Gasteiger partial charge in [-0.05, 0) is 44.2 Å². The van der Waals surface area contributed by atoms with Crippen molar-refractivity contribution in [1.82, 2.24) is 25.1 Å². The van der Waals surface area contributed by atoms with Crippen molar-refractivity contribution in [2.24, 2.45) is 0 Å². The molecule has 4 rings (SSSR count). The smallest absolute Gasteiger partial charge is 0.247 e. The Morgan fingerprint density at radius 1 is 0.931 bits per heavy atom. The fourth-order valence-electron chi connectivity index (χ4n) is 3.09. The van der Waals surface area contributed by atoms with E-state index in [1.807, 2.05) is 44.2 Å². The van der Waals surface area contributed by atoms with Crippen molar-refractivity contribution in [1.29, 1.82) is 0 Å². The maximum Gasteiger partial charge on any atom is 0.247 e. The van der Waals surface area contributed by atoms with Crippen LogP contribution in [-0.4, -0.2) is 57.4 Å². The van der Waals surface area contributed by atoms with Crippen LogP contribution in [0.25, 0.3) is 0 Å². The molecule has 1 aliphatic rings. The number of hydrogen-bond donors (Lipinski definition) is 1. The molecule has 9 heteroatoms. The molecule has 2 aromatic heterocycles. The summed E-state index contributed by atoms with van der Waals surface area (Å²) in [4.78, 5) is 17.5.